The summed E-state index contributed by atoms with van der Waals surface area (Å²) >= 11 is 3.39. The van der Waals surface area contributed by atoms with Gasteiger partial charge in [-0.1, -0.05) is 12.1 Å². The van der Waals surface area contributed by atoms with Crippen molar-refractivity contribution >= 4 is 33.4 Å². The molecule has 0 aromatic heterocycles. The molecule has 1 aliphatic rings. The summed E-state index contributed by atoms with van der Waals surface area (Å²) < 4.78 is 24.7. The van der Waals surface area contributed by atoms with Gasteiger partial charge in [0.2, 0.25) is 0 Å². The second-order valence-electron chi connectivity index (χ2n) is 6.08. The molecule has 0 radical (unpaired) electrons. The fourth-order valence-electron chi connectivity index (χ4n) is 2.96. The second kappa shape index (κ2) is 8.43. The number of ketones is 1. The van der Waals surface area contributed by atoms with E-state index in [0.717, 1.165) is 0 Å². The highest BCUT2D eigenvalue weighted by atomic mass is 79.9. The van der Waals surface area contributed by atoms with Gasteiger partial charge in [-0.25, -0.2) is 9.18 Å². The van der Waals surface area contributed by atoms with Gasteiger partial charge in [0.25, 0.3) is 0 Å². The summed E-state index contributed by atoms with van der Waals surface area (Å²) in [5.74, 6) is 0.397. The molecule has 1 atom stereocenters. The van der Waals surface area contributed by atoms with Gasteiger partial charge < -0.3 is 14.8 Å². The van der Waals surface area contributed by atoms with Gasteiger partial charge in [0.1, 0.15) is 5.82 Å². The number of amides is 2. The largest absolute Gasteiger partial charge is 0.493 e. The molecule has 146 valence electrons. The van der Waals surface area contributed by atoms with Gasteiger partial charge in [-0.15, -0.1) is 0 Å². The number of nitrogens with zero attached hydrogens (tertiary/aromatic N) is 1. The van der Waals surface area contributed by atoms with E-state index in [1.54, 1.807) is 24.3 Å². The lowest BCUT2D eigenvalue weighted by atomic mass is 9.97. The van der Waals surface area contributed by atoms with E-state index in [1.807, 2.05) is 0 Å². The van der Waals surface area contributed by atoms with Crippen molar-refractivity contribution in [2.45, 2.75) is 12.5 Å². The number of nitrogens with one attached hydrogen (secondary N) is 1. The number of benzene rings is 2. The summed E-state index contributed by atoms with van der Waals surface area (Å²) in [5.41, 5.74) is 1.00. The second-order valence-corrected chi connectivity index (χ2v) is 6.94. The summed E-state index contributed by atoms with van der Waals surface area (Å²) in [4.78, 5) is 26.2. The van der Waals surface area contributed by atoms with Crippen molar-refractivity contribution in [1.82, 2.24) is 4.90 Å². The number of halogens is 2. The van der Waals surface area contributed by atoms with Gasteiger partial charge in [-0.2, -0.15) is 0 Å². The van der Waals surface area contributed by atoms with Crippen LogP contribution in [0.5, 0.6) is 11.5 Å². The van der Waals surface area contributed by atoms with Crippen LogP contribution in [-0.4, -0.2) is 30.9 Å². The van der Waals surface area contributed by atoms with Crippen LogP contribution in [0.25, 0.3) is 0 Å². The zero-order valence-corrected chi connectivity index (χ0v) is 16.8. The summed E-state index contributed by atoms with van der Waals surface area (Å²) in [5, 5.41) is 2.78. The Labute approximate surface area is 170 Å². The molecule has 28 heavy (non-hydrogen) atoms. The maximum Gasteiger partial charge on any atom is 0.326 e. The number of carbonyl (C=O) groups excluding carboxylic acids is 2. The third-order valence-corrected chi connectivity index (χ3v) is 4.99. The van der Waals surface area contributed by atoms with Crippen LogP contribution in [0.2, 0.25) is 0 Å². The number of allylic oxidation sites excluding steroid dienone is 1. The molecular weight excluding hydrogens is 431 g/mol. The maximum absolute atomic E-state index is 13.6. The summed E-state index contributed by atoms with van der Waals surface area (Å²) in [6.07, 6.45) is 2.81. The van der Waals surface area contributed by atoms with Gasteiger partial charge in [-0.05, 0) is 39.7 Å². The number of rotatable bonds is 4. The Hall–Kier alpha value is -2.87. The molecule has 0 aliphatic carbocycles. The molecule has 2 amide bonds. The Morgan fingerprint density at radius 2 is 1.93 bits per heavy atom. The van der Waals surface area contributed by atoms with Gasteiger partial charge in [0.05, 0.1) is 25.9 Å². The third kappa shape index (κ3) is 4.17. The maximum atomic E-state index is 13.6. The van der Waals surface area contributed by atoms with E-state index in [2.05, 4.69) is 21.2 Å². The first-order valence-electron chi connectivity index (χ1n) is 8.40. The predicted octanol–water partition coefficient (Wildman–Crippen LogP) is 4.67. The first-order valence-corrected chi connectivity index (χ1v) is 9.19. The summed E-state index contributed by atoms with van der Waals surface area (Å²) in [7, 11) is 3.01. The minimum absolute atomic E-state index is 0.0699. The van der Waals surface area contributed by atoms with Gasteiger partial charge >= 0.3 is 6.03 Å². The van der Waals surface area contributed by atoms with E-state index in [9.17, 15) is 14.0 Å². The highest BCUT2D eigenvalue weighted by Gasteiger charge is 2.29. The molecule has 2 aromatic rings. The van der Waals surface area contributed by atoms with E-state index in [0.29, 0.717) is 27.2 Å². The number of carbonyl (C=O) groups is 2. The Morgan fingerprint density at radius 3 is 2.61 bits per heavy atom. The number of urea groups is 1. The Balaban J connectivity index is 1.90. The van der Waals surface area contributed by atoms with Crippen molar-refractivity contribution in [2.75, 3.05) is 19.5 Å². The van der Waals surface area contributed by atoms with Gasteiger partial charge in [0, 0.05) is 29.2 Å². The van der Waals surface area contributed by atoms with Crippen molar-refractivity contribution in [3.05, 3.63) is 64.5 Å². The highest BCUT2D eigenvalue weighted by Crippen LogP contribution is 2.37. The van der Waals surface area contributed by atoms with E-state index in [1.165, 1.54) is 43.5 Å². The quantitative estimate of drug-likeness (QED) is 0.737. The molecule has 1 aliphatic heterocycles. The monoisotopic (exact) mass is 448 g/mol. The molecule has 0 unspecified atom stereocenters. The lowest BCUT2D eigenvalue weighted by molar-refractivity contribution is -0.116. The number of ether oxygens (including phenoxy) is 2. The minimum Gasteiger partial charge on any atom is -0.493 e. The van der Waals surface area contributed by atoms with Gasteiger partial charge in [-0.3, -0.25) is 9.69 Å². The van der Waals surface area contributed by atoms with Crippen LogP contribution in [0, 0.1) is 5.82 Å². The van der Waals surface area contributed by atoms with Crippen LogP contribution in [0.15, 0.2) is 53.1 Å². The third-order valence-electron chi connectivity index (χ3n) is 4.33. The molecule has 0 saturated heterocycles. The molecular formula is C20H18BrFN2O4. The van der Waals surface area contributed by atoms with Crippen molar-refractivity contribution in [1.29, 1.82) is 0 Å². The van der Waals surface area contributed by atoms with E-state index >= 15 is 0 Å². The first-order chi connectivity index (χ1) is 13.4. The van der Waals surface area contributed by atoms with Crippen molar-refractivity contribution in [2.24, 2.45) is 0 Å². The predicted molar refractivity (Wildman–Crippen MR) is 106 cm³/mol. The Kier molecular flexibility index (Phi) is 5.99. The molecule has 0 saturated carbocycles. The fourth-order valence-corrected chi connectivity index (χ4v) is 3.38. The number of hydrogen-bond donors (Lipinski definition) is 1. The van der Waals surface area contributed by atoms with E-state index < -0.39 is 17.9 Å². The topological polar surface area (TPSA) is 67.9 Å². The smallest absolute Gasteiger partial charge is 0.326 e. The van der Waals surface area contributed by atoms with Crippen LogP contribution < -0.4 is 14.8 Å². The van der Waals surface area contributed by atoms with Crippen LogP contribution in [0.4, 0.5) is 14.9 Å². The molecule has 1 heterocycles. The zero-order valence-electron chi connectivity index (χ0n) is 15.2. The molecule has 0 fully saturated rings. The van der Waals surface area contributed by atoms with Crippen molar-refractivity contribution in [3.63, 3.8) is 0 Å². The number of methoxy groups -OCH3 is 2. The molecule has 1 N–H and O–H groups in total. The van der Waals surface area contributed by atoms with E-state index in [4.69, 9.17) is 9.47 Å². The normalized spacial score (nSPS) is 16.1. The lowest BCUT2D eigenvalue weighted by Gasteiger charge is -2.31. The standard InChI is InChI=1S/C20H18BrFN2O4/c1-27-18-10-15(21)16(11-19(18)28-2)23-20(26)24-7-6-14(25)9-17(24)12-4-3-5-13(22)8-12/h3-8,10-11,17H,9H2,1-2H3,(H,23,26)/t17-/m0/s1. The first kappa shape index (κ1) is 19.9. The average molecular weight is 449 g/mol. The van der Waals surface area contributed by atoms with Crippen LogP contribution in [0.1, 0.15) is 18.0 Å². The van der Waals surface area contributed by atoms with Crippen LogP contribution in [0.3, 0.4) is 0 Å². The highest BCUT2D eigenvalue weighted by molar-refractivity contribution is 9.10. The molecule has 0 spiro atoms. The molecule has 2 aromatic carbocycles. The minimum atomic E-state index is -0.605. The molecule has 0 bridgehead atoms. The molecule has 6 nitrogen and oxygen atoms in total. The molecule has 8 heteroatoms. The van der Waals surface area contributed by atoms with Gasteiger partial charge in [0.15, 0.2) is 17.3 Å². The fraction of sp³-hybridized carbons (Fsp3) is 0.200. The van der Waals surface area contributed by atoms with E-state index in [-0.39, 0.29) is 12.2 Å². The van der Waals surface area contributed by atoms with Crippen molar-refractivity contribution < 1.29 is 23.5 Å². The lowest BCUT2D eigenvalue weighted by Crippen LogP contribution is -2.37. The average Bonchev–Trinajstić information content (AvgIpc) is 2.69. The molecule has 3 rings (SSSR count). The van der Waals surface area contributed by atoms with Crippen LogP contribution >= 0.6 is 15.9 Å². The Morgan fingerprint density at radius 1 is 1.21 bits per heavy atom. The summed E-state index contributed by atoms with van der Waals surface area (Å²) in [6.45, 7) is 0. The SMILES string of the molecule is COc1cc(Br)c(NC(=O)N2C=CC(=O)C[C@H]2c2cccc(F)c2)cc1OC. The summed E-state index contributed by atoms with van der Waals surface area (Å²) in [6, 6.07) is 8.10. The van der Waals surface area contributed by atoms with Crippen molar-refractivity contribution in [3.8, 4) is 11.5 Å². The number of hydrogen-bond acceptors (Lipinski definition) is 4. The Bertz CT molecular complexity index is 948. The van der Waals surface area contributed by atoms with Crippen LogP contribution in [-0.2, 0) is 4.79 Å². The number of anilines is 1. The zero-order chi connectivity index (χ0) is 20.3.